The molecule has 2 rings (SSSR count). The lowest BCUT2D eigenvalue weighted by Crippen LogP contribution is -2.37. The molecule has 1 fully saturated rings. The van der Waals surface area contributed by atoms with Crippen LogP contribution in [0, 0.1) is 6.92 Å². The highest BCUT2D eigenvalue weighted by Crippen LogP contribution is 2.24. The van der Waals surface area contributed by atoms with Crippen LogP contribution in [0.4, 0.5) is 0 Å². The van der Waals surface area contributed by atoms with Crippen LogP contribution in [-0.4, -0.2) is 27.8 Å². The highest BCUT2D eigenvalue weighted by atomic mass is 79.9. The Kier molecular flexibility index (Phi) is 5.64. The molecule has 1 aliphatic rings. The maximum atomic E-state index is 4.30. The molecule has 1 aromatic heterocycles. The number of rotatable bonds is 5. The summed E-state index contributed by atoms with van der Waals surface area (Å²) in [6.45, 7) is 4.30. The Labute approximate surface area is 119 Å². The molecule has 0 amide bonds. The first kappa shape index (κ1) is 14.0. The first-order chi connectivity index (χ1) is 8.79. The van der Waals surface area contributed by atoms with Gasteiger partial charge < -0.3 is 0 Å². The zero-order valence-corrected chi connectivity index (χ0v) is 12.8. The molecule has 0 bridgehead atoms. The fourth-order valence-corrected chi connectivity index (χ4v) is 3.34. The topological polar surface area (TPSA) is 16.1 Å². The number of nitrogens with zero attached hydrogens (tertiary/aromatic N) is 2. The van der Waals surface area contributed by atoms with E-state index in [1.165, 1.54) is 43.2 Å². The second-order valence-electron chi connectivity index (χ2n) is 5.32. The zero-order chi connectivity index (χ0) is 12.8. The molecule has 0 atom stereocenters. The highest BCUT2D eigenvalue weighted by molar-refractivity contribution is 9.09. The van der Waals surface area contributed by atoms with Crippen LogP contribution in [0.1, 0.15) is 43.2 Å². The summed E-state index contributed by atoms with van der Waals surface area (Å²) in [5, 5.41) is 1.06. The van der Waals surface area contributed by atoms with Gasteiger partial charge in [-0.05, 0) is 30.9 Å². The maximum absolute atomic E-state index is 4.30. The third-order valence-electron chi connectivity index (χ3n) is 3.78. The minimum Gasteiger partial charge on any atom is -0.295 e. The standard InChI is InChI=1S/C15H23BrN2/c1-13-9-14(11-17-10-13)12-18(8-7-16)15-5-3-2-4-6-15/h9-11,15H,2-8,12H2,1H3. The zero-order valence-electron chi connectivity index (χ0n) is 11.2. The van der Waals surface area contributed by atoms with Gasteiger partial charge in [-0.3, -0.25) is 9.88 Å². The molecule has 18 heavy (non-hydrogen) atoms. The largest absolute Gasteiger partial charge is 0.295 e. The summed E-state index contributed by atoms with van der Waals surface area (Å²) in [6, 6.07) is 3.04. The van der Waals surface area contributed by atoms with E-state index in [-0.39, 0.29) is 0 Å². The number of aromatic nitrogens is 1. The Bertz CT molecular complexity index is 361. The van der Waals surface area contributed by atoms with Gasteiger partial charge in [0, 0.05) is 36.9 Å². The summed E-state index contributed by atoms with van der Waals surface area (Å²) in [5.74, 6) is 0. The number of hydrogen-bond donors (Lipinski definition) is 0. The SMILES string of the molecule is Cc1cncc(CN(CCBr)C2CCCCC2)c1. The van der Waals surface area contributed by atoms with Crippen LogP contribution >= 0.6 is 15.9 Å². The van der Waals surface area contributed by atoms with Crippen molar-refractivity contribution < 1.29 is 0 Å². The van der Waals surface area contributed by atoms with E-state index in [0.29, 0.717) is 0 Å². The van der Waals surface area contributed by atoms with E-state index < -0.39 is 0 Å². The van der Waals surface area contributed by atoms with Crippen molar-refractivity contribution in [2.45, 2.75) is 51.6 Å². The lowest BCUT2D eigenvalue weighted by Gasteiger charge is -2.34. The van der Waals surface area contributed by atoms with Gasteiger partial charge in [0.1, 0.15) is 0 Å². The van der Waals surface area contributed by atoms with Crippen molar-refractivity contribution in [3.8, 4) is 0 Å². The number of aryl methyl sites for hydroxylation is 1. The maximum Gasteiger partial charge on any atom is 0.0313 e. The Morgan fingerprint density at radius 1 is 1.28 bits per heavy atom. The van der Waals surface area contributed by atoms with Crippen LogP contribution in [0.15, 0.2) is 18.5 Å². The van der Waals surface area contributed by atoms with Crippen molar-refractivity contribution >= 4 is 15.9 Å². The number of alkyl halides is 1. The molecule has 1 heterocycles. The lowest BCUT2D eigenvalue weighted by atomic mass is 9.94. The molecule has 3 heteroatoms. The smallest absolute Gasteiger partial charge is 0.0313 e. The van der Waals surface area contributed by atoms with E-state index >= 15 is 0 Å². The monoisotopic (exact) mass is 310 g/mol. The van der Waals surface area contributed by atoms with E-state index in [9.17, 15) is 0 Å². The molecule has 1 aromatic rings. The molecule has 1 saturated carbocycles. The van der Waals surface area contributed by atoms with Crippen molar-refractivity contribution in [1.82, 2.24) is 9.88 Å². The van der Waals surface area contributed by atoms with Gasteiger partial charge in [0.25, 0.3) is 0 Å². The number of hydrogen-bond acceptors (Lipinski definition) is 2. The summed E-state index contributed by atoms with van der Waals surface area (Å²) >= 11 is 3.59. The van der Waals surface area contributed by atoms with Gasteiger partial charge in [0.2, 0.25) is 0 Å². The van der Waals surface area contributed by atoms with Crippen molar-refractivity contribution in [3.63, 3.8) is 0 Å². The molecule has 2 nitrogen and oxygen atoms in total. The van der Waals surface area contributed by atoms with E-state index in [1.54, 1.807) is 0 Å². The molecule has 100 valence electrons. The molecule has 0 aliphatic heterocycles. The third kappa shape index (κ3) is 4.06. The molecule has 0 aromatic carbocycles. The summed E-state index contributed by atoms with van der Waals surface area (Å²) in [7, 11) is 0. The van der Waals surface area contributed by atoms with Gasteiger partial charge in [0.05, 0.1) is 0 Å². The second kappa shape index (κ2) is 7.25. The third-order valence-corrected chi connectivity index (χ3v) is 4.13. The molecular formula is C15H23BrN2. The Morgan fingerprint density at radius 3 is 2.72 bits per heavy atom. The number of halogens is 1. The van der Waals surface area contributed by atoms with Crippen molar-refractivity contribution in [2.75, 3.05) is 11.9 Å². The first-order valence-corrected chi connectivity index (χ1v) is 8.12. The second-order valence-corrected chi connectivity index (χ2v) is 6.11. The Hall–Kier alpha value is -0.410. The molecule has 0 saturated heterocycles. The molecule has 0 spiro atoms. The fraction of sp³-hybridized carbons (Fsp3) is 0.667. The van der Waals surface area contributed by atoms with Crippen molar-refractivity contribution in [3.05, 3.63) is 29.6 Å². The van der Waals surface area contributed by atoms with Crippen LogP contribution in [0.5, 0.6) is 0 Å². The van der Waals surface area contributed by atoms with Gasteiger partial charge in [-0.15, -0.1) is 0 Å². The molecule has 0 unspecified atom stereocenters. The molecule has 0 radical (unpaired) electrons. The summed E-state index contributed by atoms with van der Waals surface area (Å²) in [4.78, 5) is 6.93. The first-order valence-electron chi connectivity index (χ1n) is 7.00. The molecule has 0 N–H and O–H groups in total. The average molecular weight is 311 g/mol. The van der Waals surface area contributed by atoms with E-state index in [0.717, 1.165) is 24.5 Å². The minimum atomic E-state index is 0.775. The van der Waals surface area contributed by atoms with Crippen LogP contribution in [0.3, 0.4) is 0 Å². The van der Waals surface area contributed by atoms with Crippen LogP contribution < -0.4 is 0 Å². The number of pyridine rings is 1. The molecular weight excluding hydrogens is 288 g/mol. The molecule has 1 aliphatic carbocycles. The van der Waals surface area contributed by atoms with Crippen molar-refractivity contribution in [1.29, 1.82) is 0 Å². The van der Waals surface area contributed by atoms with Gasteiger partial charge >= 0.3 is 0 Å². The van der Waals surface area contributed by atoms with Crippen LogP contribution in [-0.2, 0) is 6.54 Å². The van der Waals surface area contributed by atoms with Crippen molar-refractivity contribution in [2.24, 2.45) is 0 Å². The van der Waals surface area contributed by atoms with E-state index in [1.807, 2.05) is 12.4 Å². The van der Waals surface area contributed by atoms with E-state index in [2.05, 4.69) is 38.8 Å². The summed E-state index contributed by atoms with van der Waals surface area (Å²) in [5.41, 5.74) is 2.61. The predicted octanol–water partition coefficient (Wildman–Crippen LogP) is 3.92. The fourth-order valence-electron chi connectivity index (χ4n) is 2.88. The minimum absolute atomic E-state index is 0.775. The average Bonchev–Trinajstić information content (AvgIpc) is 2.39. The quantitative estimate of drug-likeness (QED) is 0.766. The summed E-state index contributed by atoms with van der Waals surface area (Å²) in [6.07, 6.45) is 10.9. The van der Waals surface area contributed by atoms with Gasteiger partial charge in [-0.1, -0.05) is 41.3 Å². The van der Waals surface area contributed by atoms with E-state index in [4.69, 9.17) is 0 Å². The normalized spacial score (nSPS) is 17.3. The summed E-state index contributed by atoms with van der Waals surface area (Å²) < 4.78 is 0. The Morgan fingerprint density at radius 2 is 2.06 bits per heavy atom. The lowest BCUT2D eigenvalue weighted by molar-refractivity contribution is 0.157. The van der Waals surface area contributed by atoms with Gasteiger partial charge in [-0.25, -0.2) is 0 Å². The van der Waals surface area contributed by atoms with Crippen LogP contribution in [0.25, 0.3) is 0 Å². The van der Waals surface area contributed by atoms with Gasteiger partial charge in [-0.2, -0.15) is 0 Å². The van der Waals surface area contributed by atoms with Crippen LogP contribution in [0.2, 0.25) is 0 Å². The Balaban J connectivity index is 2.00. The highest BCUT2D eigenvalue weighted by Gasteiger charge is 2.20. The predicted molar refractivity (Wildman–Crippen MR) is 80.1 cm³/mol. The van der Waals surface area contributed by atoms with Gasteiger partial charge in [0.15, 0.2) is 0 Å².